The molecule has 18 heavy (non-hydrogen) atoms. The number of rotatable bonds is 4. The molecular formula is C14H25NO3. The fourth-order valence-corrected chi connectivity index (χ4v) is 3.19. The maximum absolute atomic E-state index is 11.9. The minimum Gasteiger partial charge on any atom is -0.462 e. The maximum atomic E-state index is 11.9. The van der Waals surface area contributed by atoms with Gasteiger partial charge in [0.05, 0.1) is 12.5 Å². The Labute approximate surface area is 109 Å². The molecule has 2 N–H and O–H groups in total. The van der Waals surface area contributed by atoms with Crippen LogP contribution in [0.4, 0.5) is 0 Å². The third kappa shape index (κ3) is 3.69. The summed E-state index contributed by atoms with van der Waals surface area (Å²) in [6, 6.07) is 0. The van der Waals surface area contributed by atoms with Crippen LogP contribution >= 0.6 is 0 Å². The van der Waals surface area contributed by atoms with Gasteiger partial charge in [-0.15, -0.1) is 0 Å². The van der Waals surface area contributed by atoms with E-state index in [-0.39, 0.29) is 23.7 Å². The van der Waals surface area contributed by atoms with Crippen molar-refractivity contribution in [2.45, 2.75) is 75.5 Å². The summed E-state index contributed by atoms with van der Waals surface area (Å²) in [6.45, 7) is 0. The van der Waals surface area contributed by atoms with Crippen LogP contribution in [-0.4, -0.2) is 30.8 Å². The summed E-state index contributed by atoms with van der Waals surface area (Å²) in [6.07, 6.45) is 8.77. The molecule has 0 amide bonds. The lowest BCUT2D eigenvalue weighted by atomic mass is 9.93. The van der Waals surface area contributed by atoms with Crippen molar-refractivity contribution >= 4 is 5.97 Å². The molecule has 0 radical (unpaired) electrons. The zero-order valence-electron chi connectivity index (χ0n) is 11.3. The zero-order valence-corrected chi connectivity index (χ0v) is 11.3. The van der Waals surface area contributed by atoms with E-state index in [1.807, 2.05) is 0 Å². The fraction of sp³-hybridized carbons (Fsp3) is 0.929. The van der Waals surface area contributed by atoms with Gasteiger partial charge in [-0.3, -0.25) is 4.79 Å². The summed E-state index contributed by atoms with van der Waals surface area (Å²) in [5, 5.41) is 0. The van der Waals surface area contributed by atoms with Crippen molar-refractivity contribution in [1.29, 1.82) is 0 Å². The van der Waals surface area contributed by atoms with Gasteiger partial charge in [0.15, 0.2) is 0 Å². The predicted octanol–water partition coefficient (Wildman–Crippen LogP) is 2.15. The van der Waals surface area contributed by atoms with Crippen molar-refractivity contribution in [2.75, 3.05) is 7.11 Å². The molecule has 2 atom stereocenters. The standard InChI is InChI=1S/C14H25NO3/c1-17-11-5-4-6-12(9-11)18-13(16)10-14(15)7-2-3-8-14/h11-12H,2-10,15H2,1H3. The van der Waals surface area contributed by atoms with E-state index in [4.69, 9.17) is 15.2 Å². The third-order valence-corrected chi connectivity index (χ3v) is 4.31. The van der Waals surface area contributed by atoms with Gasteiger partial charge >= 0.3 is 5.97 Å². The molecule has 2 fully saturated rings. The summed E-state index contributed by atoms with van der Waals surface area (Å²) in [4.78, 5) is 11.9. The van der Waals surface area contributed by atoms with Crippen molar-refractivity contribution in [2.24, 2.45) is 5.73 Å². The van der Waals surface area contributed by atoms with Gasteiger partial charge in [0.25, 0.3) is 0 Å². The minimum atomic E-state index is -0.299. The molecule has 2 rings (SSSR count). The summed E-state index contributed by atoms with van der Waals surface area (Å²) >= 11 is 0. The lowest BCUT2D eigenvalue weighted by Gasteiger charge is -2.29. The number of carbonyl (C=O) groups excluding carboxylic acids is 1. The molecule has 2 unspecified atom stereocenters. The molecule has 2 saturated carbocycles. The second kappa shape index (κ2) is 6.02. The van der Waals surface area contributed by atoms with Gasteiger partial charge in [0.2, 0.25) is 0 Å². The monoisotopic (exact) mass is 255 g/mol. The lowest BCUT2D eigenvalue weighted by Crippen LogP contribution is -2.40. The highest BCUT2D eigenvalue weighted by molar-refractivity contribution is 5.71. The Bertz CT molecular complexity index is 287. The van der Waals surface area contributed by atoms with Crippen LogP contribution in [0.1, 0.15) is 57.8 Å². The first-order valence-electron chi connectivity index (χ1n) is 7.12. The minimum absolute atomic E-state index is 0.0289. The van der Waals surface area contributed by atoms with Crippen molar-refractivity contribution in [3.8, 4) is 0 Å². The number of esters is 1. The molecule has 0 aromatic carbocycles. The van der Waals surface area contributed by atoms with E-state index < -0.39 is 0 Å². The predicted molar refractivity (Wildman–Crippen MR) is 69.1 cm³/mol. The van der Waals surface area contributed by atoms with Crippen LogP contribution in [-0.2, 0) is 14.3 Å². The number of ether oxygens (including phenoxy) is 2. The van der Waals surface area contributed by atoms with Crippen molar-refractivity contribution < 1.29 is 14.3 Å². The molecular weight excluding hydrogens is 230 g/mol. The summed E-state index contributed by atoms with van der Waals surface area (Å²) in [7, 11) is 1.72. The second-order valence-electron chi connectivity index (χ2n) is 5.88. The van der Waals surface area contributed by atoms with E-state index in [9.17, 15) is 4.79 Å². The summed E-state index contributed by atoms with van der Waals surface area (Å²) in [5.41, 5.74) is 5.89. The fourth-order valence-electron chi connectivity index (χ4n) is 3.19. The quantitative estimate of drug-likeness (QED) is 0.782. The molecule has 0 heterocycles. The van der Waals surface area contributed by atoms with E-state index in [1.165, 1.54) is 0 Å². The Morgan fingerprint density at radius 3 is 2.56 bits per heavy atom. The van der Waals surface area contributed by atoms with Crippen molar-refractivity contribution in [1.82, 2.24) is 0 Å². The first-order chi connectivity index (χ1) is 8.61. The molecule has 0 aliphatic heterocycles. The number of methoxy groups -OCH3 is 1. The van der Waals surface area contributed by atoms with Crippen LogP contribution in [0.5, 0.6) is 0 Å². The average Bonchev–Trinajstić information content (AvgIpc) is 2.75. The molecule has 0 saturated heterocycles. The van der Waals surface area contributed by atoms with Crippen LogP contribution in [0, 0.1) is 0 Å². The highest BCUT2D eigenvalue weighted by Gasteiger charge is 2.33. The van der Waals surface area contributed by atoms with Crippen LogP contribution < -0.4 is 5.73 Å². The number of hydrogen-bond donors (Lipinski definition) is 1. The number of carbonyl (C=O) groups is 1. The van der Waals surface area contributed by atoms with E-state index in [0.717, 1.165) is 51.4 Å². The Hall–Kier alpha value is -0.610. The zero-order chi connectivity index (χ0) is 13.0. The maximum Gasteiger partial charge on any atom is 0.307 e. The normalized spacial score (nSPS) is 31.2. The van der Waals surface area contributed by atoms with Crippen molar-refractivity contribution in [3.63, 3.8) is 0 Å². The third-order valence-electron chi connectivity index (χ3n) is 4.31. The van der Waals surface area contributed by atoms with E-state index >= 15 is 0 Å². The van der Waals surface area contributed by atoms with Crippen LogP contribution in [0.2, 0.25) is 0 Å². The second-order valence-corrected chi connectivity index (χ2v) is 5.88. The van der Waals surface area contributed by atoms with Crippen LogP contribution in [0.25, 0.3) is 0 Å². The summed E-state index contributed by atoms with van der Waals surface area (Å²) < 4.78 is 10.9. The first kappa shape index (κ1) is 13.8. The first-order valence-corrected chi connectivity index (χ1v) is 7.12. The highest BCUT2D eigenvalue weighted by atomic mass is 16.5. The number of hydrogen-bond acceptors (Lipinski definition) is 4. The van der Waals surface area contributed by atoms with Gasteiger partial charge in [0.1, 0.15) is 6.10 Å². The Balaban J connectivity index is 1.76. The molecule has 4 nitrogen and oxygen atoms in total. The van der Waals surface area contributed by atoms with Gasteiger partial charge in [-0.1, -0.05) is 12.8 Å². The molecule has 0 aromatic heterocycles. The van der Waals surface area contributed by atoms with Gasteiger partial charge in [0, 0.05) is 19.1 Å². The highest BCUT2D eigenvalue weighted by Crippen LogP contribution is 2.31. The molecule has 104 valence electrons. The van der Waals surface area contributed by atoms with Gasteiger partial charge in [-0.05, 0) is 32.1 Å². The number of nitrogens with two attached hydrogens (primary N) is 1. The molecule has 0 spiro atoms. The van der Waals surface area contributed by atoms with Crippen molar-refractivity contribution in [3.05, 3.63) is 0 Å². The molecule has 2 aliphatic carbocycles. The van der Waals surface area contributed by atoms with Gasteiger partial charge in [-0.2, -0.15) is 0 Å². The smallest absolute Gasteiger partial charge is 0.307 e. The molecule has 4 heteroatoms. The molecule has 2 aliphatic rings. The topological polar surface area (TPSA) is 61.5 Å². The van der Waals surface area contributed by atoms with E-state index in [1.54, 1.807) is 7.11 Å². The van der Waals surface area contributed by atoms with Crippen LogP contribution in [0.3, 0.4) is 0 Å². The van der Waals surface area contributed by atoms with E-state index in [2.05, 4.69) is 0 Å². The van der Waals surface area contributed by atoms with Gasteiger partial charge in [-0.25, -0.2) is 0 Å². The lowest BCUT2D eigenvalue weighted by molar-refractivity contribution is -0.154. The molecule has 0 aromatic rings. The van der Waals surface area contributed by atoms with Gasteiger partial charge < -0.3 is 15.2 Å². The Kier molecular flexibility index (Phi) is 4.62. The SMILES string of the molecule is COC1CCCC(OC(=O)CC2(N)CCCC2)C1. The Morgan fingerprint density at radius 1 is 1.22 bits per heavy atom. The van der Waals surface area contributed by atoms with Crippen LogP contribution in [0.15, 0.2) is 0 Å². The van der Waals surface area contributed by atoms with E-state index in [0.29, 0.717) is 6.42 Å². The largest absolute Gasteiger partial charge is 0.462 e. The average molecular weight is 255 g/mol. The Morgan fingerprint density at radius 2 is 1.89 bits per heavy atom. The summed E-state index contributed by atoms with van der Waals surface area (Å²) in [5.74, 6) is -0.124. The molecule has 0 bridgehead atoms.